The Morgan fingerprint density at radius 3 is 2.72 bits per heavy atom. The van der Waals surface area contributed by atoms with Gasteiger partial charge in [-0.1, -0.05) is 11.6 Å². The van der Waals surface area contributed by atoms with Crippen LogP contribution in [0.25, 0.3) is 0 Å². The summed E-state index contributed by atoms with van der Waals surface area (Å²) < 4.78 is 0. The van der Waals surface area contributed by atoms with Gasteiger partial charge in [0.15, 0.2) is 0 Å². The van der Waals surface area contributed by atoms with E-state index in [1.54, 1.807) is 17.9 Å². The zero-order chi connectivity index (χ0) is 13.7. The van der Waals surface area contributed by atoms with Crippen LogP contribution in [-0.4, -0.2) is 29.1 Å². The second-order valence-corrected chi connectivity index (χ2v) is 4.05. The van der Waals surface area contributed by atoms with Crippen molar-refractivity contribution in [1.29, 1.82) is 0 Å². The van der Waals surface area contributed by atoms with Gasteiger partial charge in [-0.3, -0.25) is 14.9 Å². The number of benzene rings is 1. The summed E-state index contributed by atoms with van der Waals surface area (Å²) in [5.74, 6) is -0.940. The van der Waals surface area contributed by atoms with E-state index in [0.29, 0.717) is 12.2 Å². The summed E-state index contributed by atoms with van der Waals surface area (Å²) in [5.41, 5.74) is 0.267. The first-order valence-electron chi connectivity index (χ1n) is 5.36. The fraction of sp³-hybridized carbons (Fsp3) is 0.364. The van der Waals surface area contributed by atoms with Gasteiger partial charge in [0.05, 0.1) is 11.3 Å². The number of halogens is 1. The Bertz CT molecular complexity index is 464. The molecule has 0 aromatic heterocycles. The number of hydrogen-bond acceptors (Lipinski definition) is 4. The molecule has 98 valence electrons. The molecule has 1 N–H and O–H groups in total. The maximum atomic E-state index is 10.9. The van der Waals surface area contributed by atoms with Gasteiger partial charge in [0.25, 0.3) is 5.69 Å². The number of carbonyl (C=O) groups is 1. The molecule has 0 aliphatic rings. The Labute approximate surface area is 109 Å². The third-order valence-electron chi connectivity index (χ3n) is 2.45. The average Bonchev–Trinajstić information content (AvgIpc) is 2.30. The highest BCUT2D eigenvalue weighted by Crippen LogP contribution is 2.30. The first kappa shape index (κ1) is 14.2. The van der Waals surface area contributed by atoms with Gasteiger partial charge in [-0.25, -0.2) is 0 Å². The van der Waals surface area contributed by atoms with E-state index in [2.05, 4.69) is 0 Å². The molecule has 1 rings (SSSR count). The molecule has 0 unspecified atom stereocenters. The van der Waals surface area contributed by atoms with E-state index in [9.17, 15) is 14.9 Å². The zero-order valence-corrected chi connectivity index (χ0v) is 10.6. The van der Waals surface area contributed by atoms with Crippen molar-refractivity contribution in [2.24, 2.45) is 0 Å². The topological polar surface area (TPSA) is 83.7 Å². The number of carboxylic acid groups (broad SMARTS) is 1. The number of rotatable bonds is 6. The molecule has 0 radical (unpaired) electrons. The molecule has 0 heterocycles. The minimum absolute atomic E-state index is 0.0758. The Balaban J connectivity index is 3.04. The summed E-state index contributed by atoms with van der Waals surface area (Å²) in [4.78, 5) is 22.6. The SMILES string of the molecule is CCN(CCC(=O)O)c1ccc(Cl)cc1[N+](=O)[O-]. The largest absolute Gasteiger partial charge is 0.481 e. The van der Waals surface area contributed by atoms with E-state index in [1.165, 1.54) is 12.1 Å². The van der Waals surface area contributed by atoms with Crippen molar-refractivity contribution in [2.75, 3.05) is 18.0 Å². The summed E-state index contributed by atoms with van der Waals surface area (Å²) in [6.45, 7) is 2.50. The fourth-order valence-electron chi connectivity index (χ4n) is 1.59. The van der Waals surface area contributed by atoms with Crippen LogP contribution in [0.1, 0.15) is 13.3 Å². The van der Waals surface area contributed by atoms with E-state index in [0.717, 1.165) is 0 Å². The van der Waals surface area contributed by atoms with Gasteiger partial charge in [0.2, 0.25) is 0 Å². The molecule has 1 aromatic rings. The molecule has 6 nitrogen and oxygen atoms in total. The van der Waals surface area contributed by atoms with Gasteiger partial charge in [0, 0.05) is 24.2 Å². The van der Waals surface area contributed by atoms with Crippen molar-refractivity contribution in [3.63, 3.8) is 0 Å². The Morgan fingerprint density at radius 2 is 2.22 bits per heavy atom. The number of carboxylic acids is 1. The minimum Gasteiger partial charge on any atom is -0.481 e. The van der Waals surface area contributed by atoms with Crippen molar-refractivity contribution >= 4 is 28.9 Å². The van der Waals surface area contributed by atoms with Crippen molar-refractivity contribution in [2.45, 2.75) is 13.3 Å². The first-order chi connectivity index (χ1) is 8.45. The van der Waals surface area contributed by atoms with Crippen LogP contribution in [0.5, 0.6) is 0 Å². The molecule has 0 atom stereocenters. The summed E-state index contributed by atoms with van der Waals surface area (Å²) in [5, 5.41) is 19.9. The third kappa shape index (κ3) is 3.59. The van der Waals surface area contributed by atoms with Crippen molar-refractivity contribution in [3.8, 4) is 0 Å². The molecule has 0 saturated heterocycles. The van der Waals surface area contributed by atoms with Crippen LogP contribution in [0, 0.1) is 10.1 Å². The number of nitrogens with zero attached hydrogens (tertiary/aromatic N) is 2. The van der Waals surface area contributed by atoms with Gasteiger partial charge >= 0.3 is 5.97 Å². The molecule has 0 amide bonds. The van der Waals surface area contributed by atoms with Crippen LogP contribution >= 0.6 is 11.6 Å². The van der Waals surface area contributed by atoms with Crippen molar-refractivity contribution in [1.82, 2.24) is 0 Å². The normalized spacial score (nSPS) is 10.1. The monoisotopic (exact) mass is 272 g/mol. The highest BCUT2D eigenvalue weighted by atomic mass is 35.5. The van der Waals surface area contributed by atoms with Crippen LogP contribution in [0.2, 0.25) is 5.02 Å². The lowest BCUT2D eigenvalue weighted by Gasteiger charge is -2.21. The van der Waals surface area contributed by atoms with Gasteiger partial charge in [-0.15, -0.1) is 0 Å². The molecule has 0 spiro atoms. The van der Waals surface area contributed by atoms with E-state index >= 15 is 0 Å². The number of nitro groups is 1. The predicted octanol–water partition coefficient (Wildman–Crippen LogP) is 2.55. The smallest absolute Gasteiger partial charge is 0.305 e. The molecule has 7 heteroatoms. The van der Waals surface area contributed by atoms with Crippen LogP contribution in [0.4, 0.5) is 11.4 Å². The Hall–Kier alpha value is -1.82. The number of anilines is 1. The lowest BCUT2D eigenvalue weighted by atomic mass is 10.2. The molecular formula is C11H13ClN2O4. The lowest BCUT2D eigenvalue weighted by molar-refractivity contribution is -0.384. The second kappa shape index (κ2) is 6.20. The third-order valence-corrected chi connectivity index (χ3v) is 2.69. The fourth-order valence-corrected chi connectivity index (χ4v) is 1.76. The summed E-state index contributed by atoms with van der Waals surface area (Å²) in [6, 6.07) is 4.35. The minimum atomic E-state index is -0.940. The molecule has 0 saturated carbocycles. The highest BCUT2D eigenvalue weighted by molar-refractivity contribution is 6.30. The van der Waals surface area contributed by atoms with Crippen LogP contribution < -0.4 is 4.90 Å². The van der Waals surface area contributed by atoms with Crippen molar-refractivity contribution in [3.05, 3.63) is 33.3 Å². The van der Waals surface area contributed by atoms with Crippen LogP contribution in [0.15, 0.2) is 18.2 Å². The highest BCUT2D eigenvalue weighted by Gasteiger charge is 2.19. The van der Waals surface area contributed by atoms with Crippen LogP contribution in [0.3, 0.4) is 0 Å². The first-order valence-corrected chi connectivity index (χ1v) is 5.74. The molecule has 0 bridgehead atoms. The van der Waals surface area contributed by atoms with E-state index < -0.39 is 10.9 Å². The second-order valence-electron chi connectivity index (χ2n) is 3.61. The zero-order valence-electron chi connectivity index (χ0n) is 9.80. The maximum absolute atomic E-state index is 10.9. The van der Waals surface area contributed by atoms with E-state index in [1.807, 2.05) is 0 Å². The number of aliphatic carboxylic acids is 1. The van der Waals surface area contributed by atoms with Crippen LogP contribution in [-0.2, 0) is 4.79 Å². The molecule has 0 aliphatic carbocycles. The summed E-state index contributed by atoms with van der Waals surface area (Å²) in [7, 11) is 0. The Morgan fingerprint density at radius 1 is 1.56 bits per heavy atom. The van der Waals surface area contributed by atoms with Crippen molar-refractivity contribution < 1.29 is 14.8 Å². The number of nitro benzene ring substituents is 1. The Kier molecular flexibility index (Phi) is 4.91. The van der Waals surface area contributed by atoms with Gasteiger partial charge in [-0.05, 0) is 19.1 Å². The molecule has 1 aromatic carbocycles. The summed E-state index contributed by atoms with van der Waals surface area (Å²) >= 11 is 5.72. The van der Waals surface area contributed by atoms with E-state index in [4.69, 9.17) is 16.7 Å². The van der Waals surface area contributed by atoms with Gasteiger partial charge in [-0.2, -0.15) is 0 Å². The van der Waals surface area contributed by atoms with E-state index in [-0.39, 0.29) is 23.7 Å². The van der Waals surface area contributed by atoms with Gasteiger partial charge < -0.3 is 10.0 Å². The maximum Gasteiger partial charge on any atom is 0.305 e. The molecule has 0 fully saturated rings. The van der Waals surface area contributed by atoms with Gasteiger partial charge in [0.1, 0.15) is 5.69 Å². The molecular weight excluding hydrogens is 260 g/mol. The lowest BCUT2D eigenvalue weighted by Crippen LogP contribution is -2.26. The quantitative estimate of drug-likeness (QED) is 0.635. The standard InChI is InChI=1S/C11H13ClN2O4/c1-2-13(6-5-11(15)16)9-4-3-8(12)7-10(9)14(17)18/h3-4,7H,2,5-6H2,1H3,(H,15,16). The predicted molar refractivity (Wildman–Crippen MR) is 68.2 cm³/mol. The molecule has 0 aliphatic heterocycles. The average molecular weight is 273 g/mol. The molecule has 18 heavy (non-hydrogen) atoms. The number of hydrogen-bond donors (Lipinski definition) is 1. The summed E-state index contributed by atoms with van der Waals surface area (Å²) in [6.07, 6.45) is -0.0758.